The van der Waals surface area contributed by atoms with Gasteiger partial charge in [-0.25, -0.2) is 0 Å². The third-order valence-corrected chi connectivity index (χ3v) is 2.95. The average Bonchev–Trinajstić information content (AvgIpc) is 2.43. The van der Waals surface area contributed by atoms with E-state index < -0.39 is 0 Å². The zero-order valence-corrected chi connectivity index (χ0v) is 9.55. The van der Waals surface area contributed by atoms with Crippen molar-refractivity contribution in [2.45, 2.75) is 32.7 Å². The molecule has 0 aliphatic carbocycles. The molecule has 2 rings (SSSR count). The minimum Gasteiger partial charge on any atom is -0.493 e. The highest BCUT2D eigenvalue weighted by molar-refractivity contribution is 5.43. The van der Waals surface area contributed by atoms with E-state index in [0.717, 1.165) is 25.3 Å². The van der Waals surface area contributed by atoms with Gasteiger partial charge in [0.05, 0.1) is 6.61 Å². The maximum absolute atomic E-state index is 5.82. The molecule has 1 aliphatic rings. The lowest BCUT2D eigenvalue weighted by Gasteiger charge is -2.18. The Morgan fingerprint density at radius 2 is 2.33 bits per heavy atom. The van der Waals surface area contributed by atoms with Gasteiger partial charge in [-0.1, -0.05) is 25.1 Å². The van der Waals surface area contributed by atoms with Gasteiger partial charge < -0.3 is 10.1 Å². The van der Waals surface area contributed by atoms with Crippen molar-refractivity contribution in [1.82, 2.24) is 5.32 Å². The summed E-state index contributed by atoms with van der Waals surface area (Å²) in [7, 11) is 0. The molecule has 0 aromatic heterocycles. The van der Waals surface area contributed by atoms with E-state index in [1.54, 1.807) is 0 Å². The van der Waals surface area contributed by atoms with E-state index in [9.17, 15) is 0 Å². The van der Waals surface area contributed by atoms with Gasteiger partial charge in [0.25, 0.3) is 0 Å². The standard InChI is InChI=1S/C13H19NO/c1-3-14-12-8-5-9-15-13-10(2)6-4-7-11(12)13/h4,6-7,12,14H,3,5,8-9H2,1-2H3. The number of ether oxygens (including phenoxy) is 1. The van der Waals surface area contributed by atoms with Gasteiger partial charge in [0.15, 0.2) is 0 Å². The van der Waals surface area contributed by atoms with E-state index in [2.05, 4.69) is 37.4 Å². The van der Waals surface area contributed by atoms with Crippen molar-refractivity contribution in [3.05, 3.63) is 29.3 Å². The fourth-order valence-electron chi connectivity index (χ4n) is 2.22. The van der Waals surface area contributed by atoms with E-state index in [1.165, 1.54) is 17.5 Å². The summed E-state index contributed by atoms with van der Waals surface area (Å²) in [6.45, 7) is 6.13. The summed E-state index contributed by atoms with van der Waals surface area (Å²) >= 11 is 0. The number of fused-ring (bicyclic) bond motifs is 1. The fraction of sp³-hybridized carbons (Fsp3) is 0.538. The molecule has 2 nitrogen and oxygen atoms in total. The number of nitrogens with one attached hydrogen (secondary N) is 1. The summed E-state index contributed by atoms with van der Waals surface area (Å²) in [6, 6.07) is 6.88. The number of para-hydroxylation sites is 1. The third-order valence-electron chi connectivity index (χ3n) is 2.95. The lowest BCUT2D eigenvalue weighted by molar-refractivity contribution is 0.313. The van der Waals surface area contributed by atoms with E-state index in [0.29, 0.717) is 6.04 Å². The molecule has 0 spiro atoms. The summed E-state index contributed by atoms with van der Waals surface area (Å²) in [5, 5.41) is 3.53. The van der Waals surface area contributed by atoms with Gasteiger partial charge in [-0.3, -0.25) is 0 Å². The van der Waals surface area contributed by atoms with Crippen molar-refractivity contribution in [3.63, 3.8) is 0 Å². The first kappa shape index (κ1) is 10.5. The van der Waals surface area contributed by atoms with Gasteiger partial charge in [-0.05, 0) is 31.9 Å². The Morgan fingerprint density at radius 3 is 3.13 bits per heavy atom. The second-order valence-corrected chi connectivity index (χ2v) is 4.09. The summed E-state index contributed by atoms with van der Waals surface area (Å²) in [4.78, 5) is 0. The van der Waals surface area contributed by atoms with Crippen LogP contribution in [0.4, 0.5) is 0 Å². The molecule has 1 atom stereocenters. The first-order valence-electron chi connectivity index (χ1n) is 5.78. The Bertz CT molecular complexity index is 335. The van der Waals surface area contributed by atoms with Crippen LogP contribution in [0.3, 0.4) is 0 Å². The third kappa shape index (κ3) is 2.15. The fourth-order valence-corrected chi connectivity index (χ4v) is 2.22. The SMILES string of the molecule is CCNC1CCCOc2c(C)cccc21. The molecule has 15 heavy (non-hydrogen) atoms. The van der Waals surface area contributed by atoms with Crippen molar-refractivity contribution < 1.29 is 4.74 Å². The molecule has 82 valence electrons. The Kier molecular flexibility index (Phi) is 3.27. The predicted molar refractivity (Wildman–Crippen MR) is 62.3 cm³/mol. The molecule has 0 saturated heterocycles. The lowest BCUT2D eigenvalue weighted by atomic mass is 10.00. The van der Waals surface area contributed by atoms with Gasteiger partial charge >= 0.3 is 0 Å². The second-order valence-electron chi connectivity index (χ2n) is 4.09. The zero-order chi connectivity index (χ0) is 10.7. The number of aryl methyl sites for hydroxylation is 1. The van der Waals surface area contributed by atoms with E-state index in [4.69, 9.17) is 4.74 Å². The van der Waals surface area contributed by atoms with Crippen molar-refractivity contribution in [3.8, 4) is 5.75 Å². The van der Waals surface area contributed by atoms with Crippen molar-refractivity contribution in [2.24, 2.45) is 0 Å². The molecule has 0 radical (unpaired) electrons. The van der Waals surface area contributed by atoms with Crippen LogP contribution in [0.15, 0.2) is 18.2 Å². The summed E-state index contributed by atoms with van der Waals surface area (Å²) in [5.74, 6) is 1.10. The van der Waals surface area contributed by atoms with Gasteiger partial charge in [0, 0.05) is 11.6 Å². The summed E-state index contributed by atoms with van der Waals surface area (Å²) in [5.41, 5.74) is 2.58. The van der Waals surface area contributed by atoms with Crippen LogP contribution in [0.1, 0.15) is 36.9 Å². The Balaban J connectivity index is 2.36. The molecular formula is C13H19NO. The lowest BCUT2D eigenvalue weighted by Crippen LogP contribution is -2.20. The molecule has 2 heteroatoms. The monoisotopic (exact) mass is 205 g/mol. The normalized spacial score (nSPS) is 20.3. The smallest absolute Gasteiger partial charge is 0.126 e. The van der Waals surface area contributed by atoms with Crippen molar-refractivity contribution in [1.29, 1.82) is 0 Å². The van der Waals surface area contributed by atoms with Crippen molar-refractivity contribution >= 4 is 0 Å². The van der Waals surface area contributed by atoms with Crippen LogP contribution in [-0.2, 0) is 0 Å². The molecule has 1 aromatic rings. The molecular weight excluding hydrogens is 186 g/mol. The number of hydrogen-bond donors (Lipinski definition) is 1. The van der Waals surface area contributed by atoms with Crippen LogP contribution < -0.4 is 10.1 Å². The molecule has 0 fully saturated rings. The molecule has 1 aromatic carbocycles. The molecule has 0 bridgehead atoms. The highest BCUT2D eigenvalue weighted by atomic mass is 16.5. The second kappa shape index (κ2) is 4.67. The Hall–Kier alpha value is -1.02. The summed E-state index contributed by atoms with van der Waals surface area (Å²) < 4.78 is 5.82. The maximum atomic E-state index is 5.82. The van der Waals surface area contributed by atoms with E-state index in [-0.39, 0.29) is 0 Å². The zero-order valence-electron chi connectivity index (χ0n) is 9.55. The Morgan fingerprint density at radius 1 is 1.47 bits per heavy atom. The number of hydrogen-bond acceptors (Lipinski definition) is 2. The highest BCUT2D eigenvalue weighted by Crippen LogP contribution is 2.33. The van der Waals surface area contributed by atoms with Crippen LogP contribution in [0.5, 0.6) is 5.75 Å². The molecule has 1 heterocycles. The van der Waals surface area contributed by atoms with Gasteiger partial charge in [-0.15, -0.1) is 0 Å². The van der Waals surface area contributed by atoms with Gasteiger partial charge in [0.1, 0.15) is 5.75 Å². The molecule has 0 amide bonds. The minimum atomic E-state index is 0.465. The quantitative estimate of drug-likeness (QED) is 0.801. The number of benzene rings is 1. The topological polar surface area (TPSA) is 21.3 Å². The Labute approximate surface area is 91.6 Å². The molecule has 1 unspecified atom stereocenters. The van der Waals surface area contributed by atoms with E-state index >= 15 is 0 Å². The summed E-state index contributed by atoms with van der Waals surface area (Å²) in [6.07, 6.45) is 2.30. The molecule has 1 N–H and O–H groups in total. The maximum Gasteiger partial charge on any atom is 0.126 e. The highest BCUT2D eigenvalue weighted by Gasteiger charge is 2.19. The van der Waals surface area contributed by atoms with Crippen LogP contribution >= 0.6 is 0 Å². The predicted octanol–water partition coefficient (Wildman–Crippen LogP) is 2.82. The first-order valence-corrected chi connectivity index (χ1v) is 5.78. The average molecular weight is 205 g/mol. The minimum absolute atomic E-state index is 0.465. The molecule has 0 saturated carbocycles. The van der Waals surface area contributed by atoms with Crippen LogP contribution in [0, 0.1) is 6.92 Å². The number of rotatable bonds is 2. The largest absolute Gasteiger partial charge is 0.493 e. The van der Waals surface area contributed by atoms with Crippen LogP contribution in [0.25, 0.3) is 0 Å². The molecule has 1 aliphatic heterocycles. The van der Waals surface area contributed by atoms with Crippen molar-refractivity contribution in [2.75, 3.05) is 13.2 Å². The van der Waals surface area contributed by atoms with Gasteiger partial charge in [-0.2, -0.15) is 0 Å². The van der Waals surface area contributed by atoms with Gasteiger partial charge in [0.2, 0.25) is 0 Å². The van der Waals surface area contributed by atoms with Crippen LogP contribution in [0.2, 0.25) is 0 Å². The van der Waals surface area contributed by atoms with E-state index in [1.807, 2.05) is 0 Å². The van der Waals surface area contributed by atoms with Crippen LogP contribution in [-0.4, -0.2) is 13.2 Å². The first-order chi connectivity index (χ1) is 7.33.